The van der Waals surface area contributed by atoms with E-state index >= 15 is 0 Å². The standard InChI is InChI=1S/C28H26ClN3O2S/c1-15-9-17(10-16(2)28(15)33)20-13-21(20)30-19-6-8-25-23(12-19)32(4)27(35-25)14-26-31(3)22-11-18(29)5-7-24(22)34-26/h5-12,14,20-21,30H,13H2,1-4H3/p+1. The molecule has 35 heavy (non-hydrogen) atoms. The van der Waals surface area contributed by atoms with E-state index in [1.807, 2.05) is 44.0 Å². The van der Waals surface area contributed by atoms with Crippen LogP contribution in [0.5, 0.6) is 11.5 Å². The second-order valence-electron chi connectivity index (χ2n) is 9.53. The van der Waals surface area contributed by atoms with Crippen molar-refractivity contribution in [3.8, 4) is 11.5 Å². The molecule has 1 aromatic heterocycles. The molecule has 0 radical (unpaired) electrons. The van der Waals surface area contributed by atoms with Crippen LogP contribution in [0.25, 0.3) is 16.3 Å². The molecule has 7 heteroatoms. The summed E-state index contributed by atoms with van der Waals surface area (Å²) in [5.41, 5.74) is 6.47. The number of ether oxygens (including phenoxy) is 1. The van der Waals surface area contributed by atoms with Gasteiger partial charge in [-0.2, -0.15) is 4.57 Å². The van der Waals surface area contributed by atoms with Crippen molar-refractivity contribution in [2.75, 3.05) is 17.3 Å². The number of benzene rings is 3. The Balaban J connectivity index is 1.23. The minimum Gasteiger partial charge on any atom is -0.507 e. The van der Waals surface area contributed by atoms with Crippen molar-refractivity contribution < 1.29 is 14.4 Å². The first kappa shape index (κ1) is 22.3. The summed E-state index contributed by atoms with van der Waals surface area (Å²) in [6.07, 6.45) is 3.18. The Morgan fingerprint density at radius 2 is 1.91 bits per heavy atom. The Morgan fingerprint density at radius 1 is 1.14 bits per heavy atom. The lowest BCUT2D eigenvalue weighted by molar-refractivity contribution is -0.642. The number of aromatic hydroxyl groups is 1. The first-order valence-electron chi connectivity index (χ1n) is 11.7. The Kier molecular flexibility index (Phi) is 5.20. The number of halogens is 1. The summed E-state index contributed by atoms with van der Waals surface area (Å²) in [5, 5.41) is 15.6. The quantitative estimate of drug-likeness (QED) is 0.311. The van der Waals surface area contributed by atoms with E-state index in [1.165, 1.54) is 15.8 Å². The highest BCUT2D eigenvalue weighted by Gasteiger charge is 2.39. The van der Waals surface area contributed by atoms with E-state index in [1.54, 1.807) is 11.3 Å². The van der Waals surface area contributed by atoms with Crippen molar-refractivity contribution in [1.29, 1.82) is 0 Å². The van der Waals surface area contributed by atoms with Crippen LogP contribution in [-0.2, 0) is 7.05 Å². The monoisotopic (exact) mass is 504 g/mol. The third-order valence-corrected chi connectivity index (χ3v) is 8.42. The van der Waals surface area contributed by atoms with Gasteiger partial charge in [-0.3, -0.25) is 0 Å². The van der Waals surface area contributed by atoms with Crippen LogP contribution >= 0.6 is 22.9 Å². The molecule has 2 heterocycles. The first-order valence-corrected chi connectivity index (χ1v) is 12.9. The van der Waals surface area contributed by atoms with E-state index in [0.717, 1.165) is 45.6 Å². The second-order valence-corrected chi connectivity index (χ2v) is 11.0. The lowest BCUT2D eigenvalue weighted by atomic mass is 10.0. The summed E-state index contributed by atoms with van der Waals surface area (Å²) in [4.78, 5) is 2.03. The molecule has 0 spiro atoms. The van der Waals surface area contributed by atoms with Gasteiger partial charge in [0.15, 0.2) is 5.75 Å². The maximum absolute atomic E-state index is 10.1. The van der Waals surface area contributed by atoms with E-state index in [0.29, 0.717) is 22.7 Å². The summed E-state index contributed by atoms with van der Waals surface area (Å²) in [6.45, 7) is 3.94. The van der Waals surface area contributed by atoms with Gasteiger partial charge in [-0.1, -0.05) is 35.1 Å². The van der Waals surface area contributed by atoms with Gasteiger partial charge in [0.2, 0.25) is 11.4 Å². The minimum atomic E-state index is 0.405. The maximum Gasteiger partial charge on any atom is 0.267 e. The highest BCUT2D eigenvalue weighted by Crippen LogP contribution is 2.45. The molecule has 2 N–H and O–H groups in total. The molecule has 0 saturated heterocycles. The number of phenolic OH excluding ortho intramolecular Hbond substituents is 1. The highest BCUT2D eigenvalue weighted by atomic mass is 35.5. The highest BCUT2D eigenvalue weighted by molar-refractivity contribution is 7.18. The van der Waals surface area contributed by atoms with E-state index in [9.17, 15) is 5.11 Å². The van der Waals surface area contributed by atoms with Gasteiger partial charge < -0.3 is 20.1 Å². The Morgan fingerprint density at radius 3 is 2.69 bits per heavy atom. The number of hydrogen-bond acceptors (Lipinski definition) is 5. The Hall–Kier alpha value is -3.22. The van der Waals surface area contributed by atoms with Gasteiger partial charge in [-0.15, -0.1) is 0 Å². The van der Waals surface area contributed by atoms with Crippen LogP contribution in [0.15, 0.2) is 54.4 Å². The molecular weight excluding hydrogens is 478 g/mol. The van der Waals surface area contributed by atoms with E-state index in [-0.39, 0.29) is 0 Å². The molecule has 4 aromatic rings. The van der Waals surface area contributed by atoms with Crippen LogP contribution in [0.3, 0.4) is 0 Å². The van der Waals surface area contributed by atoms with Crippen molar-refractivity contribution in [1.82, 2.24) is 0 Å². The lowest BCUT2D eigenvalue weighted by Crippen LogP contribution is -2.29. The molecule has 3 aromatic carbocycles. The van der Waals surface area contributed by atoms with E-state index < -0.39 is 0 Å². The Bertz CT molecular complexity index is 1500. The molecule has 2 unspecified atom stereocenters. The van der Waals surface area contributed by atoms with Crippen molar-refractivity contribution in [3.05, 3.63) is 81.1 Å². The van der Waals surface area contributed by atoms with Crippen LogP contribution < -0.4 is 19.5 Å². The topological polar surface area (TPSA) is 48.6 Å². The van der Waals surface area contributed by atoms with Crippen molar-refractivity contribution in [2.24, 2.45) is 7.05 Å². The smallest absolute Gasteiger partial charge is 0.267 e. The van der Waals surface area contributed by atoms with Gasteiger partial charge in [0.05, 0.1) is 11.8 Å². The number of thiazole rings is 1. The Labute approximate surface area is 213 Å². The largest absolute Gasteiger partial charge is 0.507 e. The number of anilines is 2. The summed E-state index contributed by atoms with van der Waals surface area (Å²) < 4.78 is 9.52. The molecule has 5 nitrogen and oxygen atoms in total. The molecule has 2 atom stereocenters. The number of hydrogen-bond donors (Lipinski definition) is 2. The fraction of sp³-hybridized carbons (Fsp3) is 0.250. The van der Waals surface area contributed by atoms with Crippen LogP contribution in [0.4, 0.5) is 11.4 Å². The number of aromatic nitrogens is 1. The van der Waals surface area contributed by atoms with Gasteiger partial charge in [0.1, 0.15) is 17.5 Å². The predicted molar refractivity (Wildman–Crippen MR) is 144 cm³/mol. The fourth-order valence-electron chi connectivity index (χ4n) is 4.89. The van der Waals surface area contributed by atoms with Crippen LogP contribution in [0.1, 0.15) is 34.0 Å². The number of nitrogens with zero attached hydrogens (tertiary/aromatic N) is 2. The molecule has 1 aliphatic heterocycles. The van der Waals surface area contributed by atoms with Gasteiger partial charge in [0.25, 0.3) is 5.01 Å². The first-order chi connectivity index (χ1) is 16.8. The number of nitrogens with one attached hydrogen (secondary N) is 1. The molecule has 1 saturated carbocycles. The summed E-state index contributed by atoms with van der Waals surface area (Å²) in [6, 6.07) is 16.9. The molecule has 2 aliphatic rings. The van der Waals surface area contributed by atoms with Crippen LogP contribution in [0, 0.1) is 13.8 Å². The number of fused-ring (bicyclic) bond motifs is 2. The van der Waals surface area contributed by atoms with Crippen molar-refractivity contribution >= 4 is 50.6 Å². The maximum atomic E-state index is 10.1. The molecule has 0 amide bonds. The van der Waals surface area contributed by atoms with Crippen LogP contribution in [0.2, 0.25) is 5.02 Å². The zero-order valence-corrected chi connectivity index (χ0v) is 21.7. The molecule has 0 bridgehead atoms. The third kappa shape index (κ3) is 3.91. The molecular formula is C28H27ClN3O2S+. The van der Waals surface area contributed by atoms with Gasteiger partial charge in [-0.25, -0.2) is 0 Å². The summed E-state index contributed by atoms with van der Waals surface area (Å²) in [7, 11) is 4.09. The second kappa shape index (κ2) is 8.18. The normalized spacial score (nSPS) is 19.8. The van der Waals surface area contributed by atoms with E-state index in [4.69, 9.17) is 16.3 Å². The van der Waals surface area contributed by atoms with Crippen LogP contribution in [-0.4, -0.2) is 18.2 Å². The molecule has 1 aliphatic carbocycles. The number of phenols is 1. The van der Waals surface area contributed by atoms with E-state index in [2.05, 4.69) is 53.3 Å². The third-order valence-electron chi connectivity index (χ3n) is 7.02. The average Bonchev–Trinajstić information content (AvgIpc) is 3.44. The van der Waals surface area contributed by atoms with Crippen molar-refractivity contribution in [3.63, 3.8) is 0 Å². The van der Waals surface area contributed by atoms with Gasteiger partial charge in [0, 0.05) is 35.8 Å². The minimum absolute atomic E-state index is 0.405. The lowest BCUT2D eigenvalue weighted by Gasteiger charge is -2.10. The molecule has 1 fully saturated rings. The SMILES string of the molecule is Cc1cc(C2CC2Nc2ccc3sc(/C=C4\Oc5ccc(Cl)cc5N4C)[n+](C)c3c2)cc(C)c1O. The molecule has 6 rings (SSSR count). The zero-order valence-electron chi connectivity index (χ0n) is 20.1. The van der Waals surface area contributed by atoms with Gasteiger partial charge >= 0.3 is 0 Å². The fourth-order valence-corrected chi connectivity index (χ4v) is 6.12. The summed E-state index contributed by atoms with van der Waals surface area (Å²) in [5.74, 6) is 2.48. The van der Waals surface area contributed by atoms with Crippen molar-refractivity contribution in [2.45, 2.75) is 32.2 Å². The average molecular weight is 505 g/mol. The number of aryl methyl sites for hydroxylation is 3. The molecule has 178 valence electrons. The summed E-state index contributed by atoms with van der Waals surface area (Å²) >= 11 is 7.92. The zero-order chi connectivity index (χ0) is 24.4. The number of rotatable bonds is 4. The van der Waals surface area contributed by atoms with Gasteiger partial charge in [-0.05, 0) is 67.3 Å². The predicted octanol–water partition coefficient (Wildman–Crippen LogP) is 6.50.